The third kappa shape index (κ3) is 6.08. The molecule has 0 amide bonds. The summed E-state index contributed by atoms with van der Waals surface area (Å²) in [6, 6.07) is 82.0. The molecule has 0 radical (unpaired) electrons. The maximum absolute atomic E-state index is 5.23. The van der Waals surface area contributed by atoms with Crippen molar-refractivity contribution in [3.8, 4) is 67.5 Å². The van der Waals surface area contributed by atoms with Gasteiger partial charge in [-0.2, -0.15) is 0 Å². The molecule has 0 unspecified atom stereocenters. The molecule has 9 aromatic carbocycles. The molecule has 3 aromatic heterocycles. The molecule has 0 saturated carbocycles. The Morgan fingerprint density at radius 2 is 0.532 bits per heavy atom. The molecule has 4 nitrogen and oxygen atoms in total. The number of rotatable bonds is 7. The Balaban J connectivity index is 0.906. The van der Waals surface area contributed by atoms with Crippen LogP contribution in [0.1, 0.15) is 0 Å². The first-order valence-electron chi connectivity index (χ1n) is 21.1. The average Bonchev–Trinajstić information content (AvgIpc) is 3.87. The van der Waals surface area contributed by atoms with Gasteiger partial charge in [-0.25, -0.2) is 9.97 Å². The molecule has 12 aromatic rings. The standard InChI is InChI=1S/C58H38N4/c1-2-12-39(13-3-1)40-22-26-43(27-23-40)52-38-53(44-32-36-47(37-33-44)62-56-20-10-6-16-50(56)51-17-7-11-21-57(51)62)60-58(59-52)45-28-24-41(25-29-45)42-30-34-46(35-31-42)61-54-18-8-4-14-48(54)49-15-5-9-19-55(49)61/h1-38H. The molecule has 0 saturated heterocycles. The lowest BCUT2D eigenvalue weighted by molar-refractivity contribution is 1.17. The van der Waals surface area contributed by atoms with Gasteiger partial charge in [-0.05, 0) is 76.9 Å². The third-order valence-corrected chi connectivity index (χ3v) is 12.2. The van der Waals surface area contributed by atoms with Crippen molar-refractivity contribution >= 4 is 43.6 Å². The first-order valence-corrected chi connectivity index (χ1v) is 21.1. The van der Waals surface area contributed by atoms with Crippen molar-refractivity contribution in [2.45, 2.75) is 0 Å². The van der Waals surface area contributed by atoms with Gasteiger partial charge in [-0.15, -0.1) is 0 Å². The molecule has 0 atom stereocenters. The molecule has 290 valence electrons. The Morgan fingerprint density at radius 1 is 0.242 bits per heavy atom. The Hall–Kier alpha value is -8.34. The molecule has 0 aliphatic heterocycles. The minimum absolute atomic E-state index is 0.685. The number of aromatic nitrogens is 4. The Kier molecular flexibility index (Phi) is 8.46. The second-order valence-electron chi connectivity index (χ2n) is 15.8. The Bertz CT molecular complexity index is 3470. The van der Waals surface area contributed by atoms with Gasteiger partial charge in [0.25, 0.3) is 0 Å². The number of nitrogens with zero attached hydrogens (tertiary/aromatic N) is 4. The molecule has 3 heterocycles. The van der Waals surface area contributed by atoms with E-state index in [4.69, 9.17) is 9.97 Å². The molecule has 0 spiro atoms. The topological polar surface area (TPSA) is 35.6 Å². The summed E-state index contributed by atoms with van der Waals surface area (Å²) in [5.41, 5.74) is 16.5. The van der Waals surface area contributed by atoms with Gasteiger partial charge in [0.05, 0.1) is 33.5 Å². The van der Waals surface area contributed by atoms with Crippen LogP contribution in [0.25, 0.3) is 111 Å². The predicted octanol–water partition coefficient (Wildman–Crippen LogP) is 15.0. The van der Waals surface area contributed by atoms with E-state index in [2.05, 4.69) is 234 Å². The van der Waals surface area contributed by atoms with Crippen molar-refractivity contribution in [2.24, 2.45) is 0 Å². The zero-order valence-electron chi connectivity index (χ0n) is 33.7. The van der Waals surface area contributed by atoms with Crippen molar-refractivity contribution < 1.29 is 0 Å². The fourth-order valence-electron chi connectivity index (χ4n) is 9.13. The Morgan fingerprint density at radius 3 is 0.935 bits per heavy atom. The minimum Gasteiger partial charge on any atom is -0.309 e. The summed E-state index contributed by atoms with van der Waals surface area (Å²) in [6.45, 7) is 0. The highest BCUT2D eigenvalue weighted by Gasteiger charge is 2.16. The maximum atomic E-state index is 5.23. The van der Waals surface area contributed by atoms with Crippen LogP contribution in [-0.2, 0) is 0 Å². The van der Waals surface area contributed by atoms with E-state index in [1.165, 1.54) is 54.7 Å². The maximum Gasteiger partial charge on any atom is 0.160 e. The molecule has 0 aliphatic rings. The van der Waals surface area contributed by atoms with Gasteiger partial charge >= 0.3 is 0 Å². The highest BCUT2D eigenvalue weighted by Crippen LogP contribution is 2.36. The van der Waals surface area contributed by atoms with Crippen molar-refractivity contribution in [1.82, 2.24) is 19.1 Å². The van der Waals surface area contributed by atoms with Crippen LogP contribution in [0.5, 0.6) is 0 Å². The molecule has 12 rings (SSSR count). The van der Waals surface area contributed by atoms with Crippen LogP contribution in [-0.4, -0.2) is 19.1 Å². The fraction of sp³-hybridized carbons (Fsp3) is 0. The van der Waals surface area contributed by atoms with Crippen LogP contribution >= 0.6 is 0 Å². The second-order valence-corrected chi connectivity index (χ2v) is 15.8. The number of hydrogen-bond acceptors (Lipinski definition) is 2. The van der Waals surface area contributed by atoms with E-state index in [-0.39, 0.29) is 0 Å². The van der Waals surface area contributed by atoms with Crippen LogP contribution in [0.2, 0.25) is 0 Å². The van der Waals surface area contributed by atoms with E-state index < -0.39 is 0 Å². The van der Waals surface area contributed by atoms with Crippen LogP contribution in [0.3, 0.4) is 0 Å². The first kappa shape index (κ1) is 35.6. The quantitative estimate of drug-likeness (QED) is 0.161. The fourth-order valence-corrected chi connectivity index (χ4v) is 9.13. The molecule has 62 heavy (non-hydrogen) atoms. The summed E-state index contributed by atoms with van der Waals surface area (Å²) in [4.78, 5) is 10.4. The number of fused-ring (bicyclic) bond motifs is 6. The smallest absolute Gasteiger partial charge is 0.160 e. The molecule has 0 N–H and O–H groups in total. The molecule has 0 bridgehead atoms. The monoisotopic (exact) mass is 790 g/mol. The van der Waals surface area contributed by atoms with Crippen molar-refractivity contribution in [3.63, 3.8) is 0 Å². The molecular weight excluding hydrogens is 753 g/mol. The lowest BCUT2D eigenvalue weighted by Crippen LogP contribution is -1.97. The predicted molar refractivity (Wildman–Crippen MR) is 258 cm³/mol. The zero-order chi connectivity index (χ0) is 41.0. The van der Waals surface area contributed by atoms with Gasteiger partial charge in [0.15, 0.2) is 5.82 Å². The lowest BCUT2D eigenvalue weighted by Gasteiger charge is -2.12. The van der Waals surface area contributed by atoms with Gasteiger partial charge < -0.3 is 9.13 Å². The largest absolute Gasteiger partial charge is 0.309 e. The van der Waals surface area contributed by atoms with E-state index in [1.807, 2.05) is 6.07 Å². The van der Waals surface area contributed by atoms with Crippen LogP contribution in [0, 0.1) is 0 Å². The lowest BCUT2D eigenvalue weighted by atomic mass is 10.0. The van der Waals surface area contributed by atoms with Gasteiger partial charge in [-0.1, -0.05) is 176 Å². The summed E-state index contributed by atoms with van der Waals surface area (Å²) in [5, 5.41) is 5.02. The van der Waals surface area contributed by atoms with E-state index >= 15 is 0 Å². The first-order chi connectivity index (χ1) is 30.7. The van der Waals surface area contributed by atoms with Crippen LogP contribution < -0.4 is 0 Å². The minimum atomic E-state index is 0.685. The van der Waals surface area contributed by atoms with Gasteiger partial charge in [-0.3, -0.25) is 0 Å². The van der Waals surface area contributed by atoms with E-state index in [0.29, 0.717) is 5.82 Å². The molecule has 0 fully saturated rings. The van der Waals surface area contributed by atoms with E-state index in [1.54, 1.807) is 0 Å². The van der Waals surface area contributed by atoms with Crippen molar-refractivity contribution in [2.75, 3.05) is 0 Å². The summed E-state index contributed by atoms with van der Waals surface area (Å²) < 4.78 is 4.70. The van der Waals surface area contributed by atoms with E-state index in [9.17, 15) is 0 Å². The molecule has 4 heteroatoms. The third-order valence-electron chi connectivity index (χ3n) is 12.2. The van der Waals surface area contributed by atoms with Gasteiger partial charge in [0, 0.05) is 49.6 Å². The average molecular weight is 791 g/mol. The number of para-hydroxylation sites is 4. The van der Waals surface area contributed by atoms with Crippen LogP contribution in [0.4, 0.5) is 0 Å². The highest BCUT2D eigenvalue weighted by atomic mass is 15.0. The number of benzene rings is 9. The summed E-state index contributed by atoms with van der Waals surface area (Å²) >= 11 is 0. The Labute approximate surface area is 359 Å². The van der Waals surface area contributed by atoms with Crippen molar-refractivity contribution in [3.05, 3.63) is 231 Å². The summed E-state index contributed by atoms with van der Waals surface area (Å²) in [5.74, 6) is 0.685. The van der Waals surface area contributed by atoms with Crippen LogP contribution in [0.15, 0.2) is 231 Å². The second kappa shape index (κ2) is 14.7. The summed E-state index contributed by atoms with van der Waals surface area (Å²) in [7, 11) is 0. The van der Waals surface area contributed by atoms with Gasteiger partial charge in [0.1, 0.15) is 0 Å². The number of hydrogen-bond donors (Lipinski definition) is 0. The SMILES string of the molecule is c1ccc(-c2ccc(-c3cc(-c4ccc(-n5c6ccccc6c6ccccc65)cc4)nc(-c4ccc(-c5ccc(-n6c7ccccc7c7ccccc76)cc5)cc4)n3)cc2)cc1. The molecular formula is C58H38N4. The van der Waals surface area contributed by atoms with E-state index in [0.717, 1.165) is 50.6 Å². The van der Waals surface area contributed by atoms with Gasteiger partial charge in [0.2, 0.25) is 0 Å². The highest BCUT2D eigenvalue weighted by molar-refractivity contribution is 6.10. The molecule has 0 aliphatic carbocycles. The normalized spacial score (nSPS) is 11.5. The summed E-state index contributed by atoms with van der Waals surface area (Å²) in [6.07, 6.45) is 0. The zero-order valence-corrected chi connectivity index (χ0v) is 33.7. The van der Waals surface area contributed by atoms with Crippen molar-refractivity contribution in [1.29, 1.82) is 0 Å².